The number of morpholine rings is 1. The van der Waals surface area contributed by atoms with Gasteiger partial charge in [-0.05, 0) is 97.2 Å². The molecule has 7 heteroatoms. The molecule has 3 aliphatic heterocycles. The number of aliphatic carboxylic acids is 1. The fourth-order valence-electron chi connectivity index (χ4n) is 7.53. The van der Waals surface area contributed by atoms with E-state index in [1.165, 1.54) is 11.8 Å². The maximum atomic E-state index is 15.1. The average Bonchev–Trinajstić information content (AvgIpc) is 3.80. The molecule has 0 radical (unpaired) electrons. The number of carbonyl (C=O) groups is 1. The van der Waals surface area contributed by atoms with Crippen molar-refractivity contribution in [1.82, 2.24) is 9.88 Å². The summed E-state index contributed by atoms with van der Waals surface area (Å²) in [5.74, 6) is -0.194. The number of carboxylic acid groups (broad SMARTS) is 1. The standard InChI is InChI=1S/C35H39FN2O4/c1-20-13-30(31(36)16-37-20)29-11-7-24(14-26(29)17-38-27-9-10-28(38)19-41-18-27)32-12-8-22-3-6-25(15-33(22)42-32)34(23-4-5-23)21(2)35(39)40/h3,6-7,11,13-16,21,23,27-28,32,34H,4-5,8-10,12,17-19H2,1-2H3,(H,39,40)/t21-,27?,28?,32?,34-/m0/s1. The van der Waals surface area contributed by atoms with Crippen molar-refractivity contribution in [2.24, 2.45) is 11.8 Å². The molecule has 4 aliphatic rings. The van der Waals surface area contributed by atoms with Crippen molar-refractivity contribution in [3.63, 3.8) is 0 Å². The van der Waals surface area contributed by atoms with Crippen LogP contribution in [-0.4, -0.2) is 46.3 Å². The molecule has 3 fully saturated rings. The number of ether oxygens (including phenoxy) is 2. The second kappa shape index (κ2) is 11.1. The molecule has 1 aromatic heterocycles. The molecule has 2 aromatic carbocycles. The van der Waals surface area contributed by atoms with Gasteiger partial charge in [0.1, 0.15) is 17.7 Å². The summed E-state index contributed by atoms with van der Waals surface area (Å²) in [5, 5.41) is 9.77. The lowest BCUT2D eigenvalue weighted by molar-refractivity contribution is -0.142. The Bertz CT molecular complexity index is 1490. The lowest BCUT2D eigenvalue weighted by Gasteiger charge is -2.35. The highest BCUT2D eigenvalue weighted by molar-refractivity contribution is 5.71. The first-order chi connectivity index (χ1) is 20.4. The minimum Gasteiger partial charge on any atom is -0.485 e. The van der Waals surface area contributed by atoms with E-state index in [-0.39, 0.29) is 17.8 Å². The Morgan fingerprint density at radius 1 is 1.05 bits per heavy atom. The van der Waals surface area contributed by atoms with Crippen LogP contribution in [0.1, 0.15) is 79.0 Å². The Morgan fingerprint density at radius 3 is 2.57 bits per heavy atom. The summed E-state index contributed by atoms with van der Waals surface area (Å²) in [7, 11) is 0. The van der Waals surface area contributed by atoms with Crippen LogP contribution in [0.15, 0.2) is 48.7 Å². The lowest BCUT2D eigenvalue weighted by atomic mass is 9.82. The van der Waals surface area contributed by atoms with E-state index in [0.717, 1.165) is 92.0 Å². The van der Waals surface area contributed by atoms with E-state index in [2.05, 4.69) is 46.3 Å². The molecular weight excluding hydrogens is 531 g/mol. The Hall–Kier alpha value is -3.29. The summed E-state index contributed by atoms with van der Waals surface area (Å²) in [5.41, 5.74) is 6.71. The SMILES string of the molecule is Cc1cc(-c2ccc(C3CCc4ccc([C@H](C5CC5)[C@H](C)C(=O)O)cc4O3)cc2CN2C3CCC2COC3)c(F)cn1. The average molecular weight is 571 g/mol. The number of aryl methyl sites for hydroxylation is 2. The zero-order chi connectivity index (χ0) is 29.0. The quantitative estimate of drug-likeness (QED) is 0.320. The van der Waals surface area contributed by atoms with Gasteiger partial charge in [0.25, 0.3) is 0 Å². The van der Waals surface area contributed by atoms with Gasteiger partial charge in [-0.25, -0.2) is 4.39 Å². The van der Waals surface area contributed by atoms with Crippen molar-refractivity contribution in [3.8, 4) is 16.9 Å². The fraction of sp³-hybridized carbons (Fsp3) is 0.486. The van der Waals surface area contributed by atoms with E-state index in [1.54, 1.807) is 0 Å². The third-order valence-electron chi connectivity index (χ3n) is 10.0. The molecule has 7 rings (SSSR count). The van der Waals surface area contributed by atoms with Crippen LogP contribution in [0.25, 0.3) is 11.1 Å². The minimum absolute atomic E-state index is 0.00488. The van der Waals surface area contributed by atoms with Gasteiger partial charge in [0.2, 0.25) is 0 Å². The highest BCUT2D eigenvalue weighted by atomic mass is 19.1. The number of fused-ring (bicyclic) bond motifs is 3. The Kier molecular flexibility index (Phi) is 7.27. The van der Waals surface area contributed by atoms with Crippen LogP contribution in [0, 0.1) is 24.6 Å². The van der Waals surface area contributed by atoms with Crippen molar-refractivity contribution in [2.45, 2.75) is 83.0 Å². The lowest BCUT2D eigenvalue weighted by Crippen LogP contribution is -2.45. The van der Waals surface area contributed by atoms with Gasteiger partial charge in [0, 0.05) is 29.9 Å². The molecule has 4 heterocycles. The molecule has 1 saturated carbocycles. The van der Waals surface area contributed by atoms with Gasteiger partial charge in [0.15, 0.2) is 0 Å². The highest BCUT2D eigenvalue weighted by Crippen LogP contribution is 2.48. The number of benzene rings is 2. The number of rotatable bonds is 8. The second-order valence-electron chi connectivity index (χ2n) is 12.8. The van der Waals surface area contributed by atoms with E-state index < -0.39 is 11.9 Å². The number of carboxylic acids is 1. The summed E-state index contributed by atoms with van der Waals surface area (Å²) in [6.07, 6.45) is 7.38. The largest absolute Gasteiger partial charge is 0.485 e. The van der Waals surface area contributed by atoms with Gasteiger partial charge in [-0.2, -0.15) is 0 Å². The predicted molar refractivity (Wildman–Crippen MR) is 158 cm³/mol. The molecule has 1 aliphatic carbocycles. The minimum atomic E-state index is -0.745. The first-order valence-corrected chi connectivity index (χ1v) is 15.5. The predicted octanol–water partition coefficient (Wildman–Crippen LogP) is 6.84. The number of pyridine rings is 1. The zero-order valence-electron chi connectivity index (χ0n) is 24.4. The maximum absolute atomic E-state index is 15.1. The first kappa shape index (κ1) is 27.5. The first-order valence-electron chi connectivity index (χ1n) is 15.5. The van der Waals surface area contributed by atoms with E-state index in [0.29, 0.717) is 23.6 Å². The van der Waals surface area contributed by atoms with Crippen LogP contribution in [0.5, 0.6) is 5.75 Å². The van der Waals surface area contributed by atoms with Crippen molar-refractivity contribution >= 4 is 5.97 Å². The smallest absolute Gasteiger partial charge is 0.306 e. The third-order valence-corrected chi connectivity index (χ3v) is 10.0. The molecule has 0 spiro atoms. The van der Waals surface area contributed by atoms with Gasteiger partial charge in [-0.1, -0.05) is 37.3 Å². The summed E-state index contributed by atoms with van der Waals surface area (Å²) < 4.78 is 27.6. The Labute approximate surface area is 246 Å². The van der Waals surface area contributed by atoms with Gasteiger partial charge in [-0.15, -0.1) is 0 Å². The van der Waals surface area contributed by atoms with Crippen molar-refractivity contribution in [3.05, 3.63) is 82.4 Å². The number of aromatic nitrogens is 1. The summed E-state index contributed by atoms with van der Waals surface area (Å²) >= 11 is 0. The summed E-state index contributed by atoms with van der Waals surface area (Å²) in [6.45, 7) is 5.96. The molecule has 220 valence electrons. The number of hydrogen-bond acceptors (Lipinski definition) is 5. The van der Waals surface area contributed by atoms with Crippen LogP contribution >= 0.6 is 0 Å². The monoisotopic (exact) mass is 570 g/mol. The molecule has 1 N–H and O–H groups in total. The van der Waals surface area contributed by atoms with Crippen LogP contribution in [0.4, 0.5) is 4.39 Å². The molecule has 0 amide bonds. The number of halogens is 1. The van der Waals surface area contributed by atoms with E-state index >= 15 is 4.39 Å². The second-order valence-corrected chi connectivity index (χ2v) is 12.8. The van der Waals surface area contributed by atoms with Gasteiger partial charge in [0.05, 0.1) is 25.3 Å². The van der Waals surface area contributed by atoms with Crippen molar-refractivity contribution in [2.75, 3.05) is 13.2 Å². The molecule has 2 saturated heterocycles. The number of nitrogens with zero attached hydrogens (tertiary/aromatic N) is 2. The summed E-state index contributed by atoms with van der Waals surface area (Å²) in [6, 6.07) is 15.3. The molecule has 2 bridgehead atoms. The van der Waals surface area contributed by atoms with Gasteiger partial charge in [-0.3, -0.25) is 14.7 Å². The maximum Gasteiger partial charge on any atom is 0.306 e. The van der Waals surface area contributed by atoms with Gasteiger partial charge >= 0.3 is 5.97 Å². The van der Waals surface area contributed by atoms with Crippen LogP contribution in [0.3, 0.4) is 0 Å². The normalized spacial score (nSPS) is 25.0. The topological polar surface area (TPSA) is 71.9 Å². The zero-order valence-corrected chi connectivity index (χ0v) is 24.4. The molecule has 3 aromatic rings. The molecule has 6 nitrogen and oxygen atoms in total. The summed E-state index contributed by atoms with van der Waals surface area (Å²) in [4.78, 5) is 18.6. The number of hydrogen-bond donors (Lipinski definition) is 1. The van der Waals surface area contributed by atoms with Crippen LogP contribution in [0.2, 0.25) is 0 Å². The molecule has 5 atom stereocenters. The third kappa shape index (κ3) is 5.22. The highest BCUT2D eigenvalue weighted by Gasteiger charge is 2.40. The van der Waals surface area contributed by atoms with Crippen molar-refractivity contribution < 1.29 is 23.8 Å². The van der Waals surface area contributed by atoms with Crippen molar-refractivity contribution in [1.29, 1.82) is 0 Å². The fourth-order valence-corrected chi connectivity index (χ4v) is 7.53. The van der Waals surface area contributed by atoms with E-state index in [1.807, 2.05) is 19.9 Å². The Balaban J connectivity index is 1.21. The molecular formula is C35H39FN2O4. The van der Waals surface area contributed by atoms with Crippen LogP contribution in [-0.2, 0) is 22.5 Å². The van der Waals surface area contributed by atoms with E-state index in [4.69, 9.17) is 9.47 Å². The van der Waals surface area contributed by atoms with Gasteiger partial charge < -0.3 is 14.6 Å². The Morgan fingerprint density at radius 2 is 1.83 bits per heavy atom. The molecule has 42 heavy (non-hydrogen) atoms. The van der Waals surface area contributed by atoms with Crippen LogP contribution < -0.4 is 4.74 Å². The van der Waals surface area contributed by atoms with E-state index in [9.17, 15) is 9.90 Å². The molecule has 3 unspecified atom stereocenters.